The number of anilines is 3. The number of benzene rings is 10. The van der Waals surface area contributed by atoms with Crippen LogP contribution < -0.4 is 9.64 Å². The molecule has 6 unspecified atom stereocenters. The SMILES string of the molecule is CC1CC2C(C)CC2C2(c3ccccc3-c3cc(-c4ccc5c(c4)Oc4ccc(N(c6ccc(-c7cccc8ccccc78)cc6)c6cc7ccccc7c7ccccc67)cc4S5)ccc32)C(I)C1. The van der Waals surface area contributed by atoms with Crippen molar-refractivity contribution in [3.63, 3.8) is 0 Å². The van der Waals surface area contributed by atoms with Crippen molar-refractivity contribution in [1.29, 1.82) is 0 Å². The van der Waals surface area contributed by atoms with Gasteiger partial charge in [-0.05, 0) is 169 Å². The minimum Gasteiger partial charge on any atom is -0.455 e. The average Bonchev–Trinajstić information content (AvgIpc) is 3.64. The second kappa shape index (κ2) is 16.1. The Hall–Kier alpha value is -6.34. The number of rotatable bonds is 5. The molecule has 0 radical (unpaired) electrons. The molecule has 1 heterocycles. The van der Waals surface area contributed by atoms with Crippen molar-refractivity contribution >= 4 is 83.7 Å². The molecule has 0 amide bonds. The van der Waals surface area contributed by atoms with E-state index < -0.39 is 0 Å². The predicted molar refractivity (Wildman–Crippen MR) is 298 cm³/mol. The summed E-state index contributed by atoms with van der Waals surface area (Å²) in [5.74, 6) is 4.84. The molecule has 4 heteroatoms. The van der Waals surface area contributed by atoms with E-state index in [4.69, 9.17) is 4.74 Å². The first-order chi connectivity index (χ1) is 33.9. The lowest BCUT2D eigenvalue weighted by molar-refractivity contribution is 0.0318. The van der Waals surface area contributed by atoms with Gasteiger partial charge in [0, 0.05) is 26.1 Å². The zero-order chi connectivity index (χ0) is 46.0. The van der Waals surface area contributed by atoms with Gasteiger partial charge in [-0.3, -0.25) is 0 Å². The summed E-state index contributed by atoms with van der Waals surface area (Å²) in [4.78, 5) is 4.66. The van der Waals surface area contributed by atoms with E-state index in [2.05, 4.69) is 242 Å². The number of hydrogen-bond donors (Lipinski definition) is 0. The van der Waals surface area contributed by atoms with E-state index in [1.807, 2.05) is 0 Å². The Bertz CT molecular complexity index is 3710. The number of halogens is 1. The predicted octanol–water partition coefficient (Wildman–Crippen LogP) is 19.0. The topological polar surface area (TPSA) is 12.5 Å². The lowest BCUT2D eigenvalue weighted by Gasteiger charge is -2.54. The lowest BCUT2D eigenvalue weighted by Crippen LogP contribution is -2.51. The molecule has 2 saturated carbocycles. The number of fused-ring (bicyclic) bond motifs is 13. The molecule has 10 aromatic carbocycles. The van der Waals surface area contributed by atoms with Crippen LogP contribution in [0.4, 0.5) is 17.1 Å². The molecule has 6 atom stereocenters. The van der Waals surface area contributed by atoms with Crippen molar-refractivity contribution in [2.24, 2.45) is 23.7 Å². The molecule has 14 rings (SSSR count). The van der Waals surface area contributed by atoms with E-state index in [-0.39, 0.29) is 5.41 Å². The van der Waals surface area contributed by atoms with Gasteiger partial charge < -0.3 is 9.64 Å². The number of ether oxygens (including phenoxy) is 1. The van der Waals surface area contributed by atoms with Gasteiger partial charge in [0.05, 0.1) is 15.5 Å². The summed E-state index contributed by atoms with van der Waals surface area (Å²) in [6.07, 6.45) is 3.96. The Morgan fingerprint density at radius 1 is 0.493 bits per heavy atom. The fourth-order valence-corrected chi connectivity index (χ4v) is 16.2. The molecule has 1 aliphatic heterocycles. The highest BCUT2D eigenvalue weighted by Gasteiger charge is 2.60. The largest absolute Gasteiger partial charge is 0.455 e. The lowest BCUT2D eigenvalue weighted by atomic mass is 9.51. The molecule has 3 aliphatic carbocycles. The molecule has 10 aromatic rings. The van der Waals surface area contributed by atoms with Gasteiger partial charge in [-0.25, -0.2) is 0 Å². The minimum absolute atomic E-state index is 0.0725. The summed E-state index contributed by atoms with van der Waals surface area (Å²) in [5, 5.41) is 7.43. The van der Waals surface area contributed by atoms with Gasteiger partial charge in [0.25, 0.3) is 0 Å². The van der Waals surface area contributed by atoms with Crippen LogP contribution >= 0.6 is 34.4 Å². The first kappa shape index (κ1) is 41.6. The summed E-state index contributed by atoms with van der Waals surface area (Å²) in [7, 11) is 0. The van der Waals surface area contributed by atoms with Crippen molar-refractivity contribution < 1.29 is 4.74 Å². The first-order valence-corrected chi connectivity index (χ1v) is 26.8. The van der Waals surface area contributed by atoms with Crippen molar-refractivity contribution in [2.45, 2.75) is 52.2 Å². The quantitative estimate of drug-likeness (QED) is 0.0968. The van der Waals surface area contributed by atoms with Crippen LogP contribution in [0, 0.1) is 23.7 Å². The van der Waals surface area contributed by atoms with E-state index in [9.17, 15) is 0 Å². The standard InChI is InChI=1S/C65H50INOS/c1-39-32-54-40(2)34-58(54)65(64(66)33-39)56-21-10-9-18-52(56)55-35-43(24-29-57(55)65)44-25-31-62-61(37-44)68-60-30-28-47(38-63(60)69-62)67(59-36-45-13-4-6-16-50(45)51-17-7-8-19-53(51)59)46-26-22-42(23-27-46)49-20-11-14-41-12-3-5-15-48(41)49/h3-31,35-40,54,58,64H,32-34H2,1-2H3. The molecular formula is C65H50INOS. The molecule has 0 aromatic heterocycles. The van der Waals surface area contributed by atoms with Gasteiger partial charge in [-0.15, -0.1) is 0 Å². The van der Waals surface area contributed by atoms with E-state index in [1.165, 1.54) is 85.0 Å². The van der Waals surface area contributed by atoms with Crippen molar-refractivity contribution in [2.75, 3.05) is 4.90 Å². The Kier molecular flexibility index (Phi) is 9.72. The first-order valence-electron chi connectivity index (χ1n) is 24.7. The van der Waals surface area contributed by atoms with Crippen LogP contribution in [0.15, 0.2) is 210 Å². The third-order valence-corrected chi connectivity index (χ3v) is 19.1. The fraction of sp³-hybridized carbons (Fsp3) is 0.169. The average molecular weight is 1020 g/mol. The molecule has 334 valence electrons. The Morgan fingerprint density at radius 2 is 1.16 bits per heavy atom. The maximum Gasteiger partial charge on any atom is 0.142 e. The Morgan fingerprint density at radius 3 is 2.01 bits per heavy atom. The summed E-state index contributed by atoms with van der Waals surface area (Å²) >= 11 is 4.65. The fourth-order valence-electron chi connectivity index (χ4n) is 13.3. The van der Waals surface area contributed by atoms with Crippen LogP contribution in [0.5, 0.6) is 11.5 Å². The van der Waals surface area contributed by atoms with E-state index in [0.717, 1.165) is 56.1 Å². The summed E-state index contributed by atoms with van der Waals surface area (Å²) in [6, 6.07) is 74.6. The van der Waals surface area contributed by atoms with Crippen LogP contribution in [-0.2, 0) is 5.41 Å². The van der Waals surface area contributed by atoms with Crippen molar-refractivity contribution in [3.05, 3.63) is 211 Å². The summed E-state index contributed by atoms with van der Waals surface area (Å²) in [5.41, 5.74) is 14.2. The van der Waals surface area contributed by atoms with Gasteiger partial charge in [-0.1, -0.05) is 194 Å². The maximum atomic E-state index is 6.89. The third-order valence-electron chi connectivity index (χ3n) is 16.5. The normalized spacial score (nSPS) is 21.9. The van der Waals surface area contributed by atoms with Gasteiger partial charge in [0.1, 0.15) is 11.5 Å². The summed E-state index contributed by atoms with van der Waals surface area (Å²) < 4.78 is 7.46. The molecular weight excluding hydrogens is 970 g/mol. The van der Waals surface area contributed by atoms with Gasteiger partial charge in [0.15, 0.2) is 0 Å². The molecule has 1 spiro atoms. The summed E-state index contributed by atoms with van der Waals surface area (Å²) in [6.45, 7) is 5.00. The third kappa shape index (κ3) is 6.44. The van der Waals surface area contributed by atoms with Crippen molar-refractivity contribution in [3.8, 4) is 44.9 Å². The van der Waals surface area contributed by atoms with E-state index in [1.54, 1.807) is 22.9 Å². The van der Waals surface area contributed by atoms with Crippen molar-refractivity contribution in [1.82, 2.24) is 0 Å². The zero-order valence-electron chi connectivity index (χ0n) is 38.7. The van der Waals surface area contributed by atoms with Gasteiger partial charge >= 0.3 is 0 Å². The molecule has 2 nitrogen and oxygen atoms in total. The second-order valence-electron chi connectivity index (χ2n) is 20.3. The maximum absolute atomic E-state index is 6.89. The van der Waals surface area contributed by atoms with E-state index >= 15 is 0 Å². The van der Waals surface area contributed by atoms with Crippen LogP contribution in [0.1, 0.15) is 44.2 Å². The Labute approximate surface area is 422 Å². The van der Waals surface area contributed by atoms with Crippen LogP contribution in [0.2, 0.25) is 0 Å². The molecule has 0 bridgehead atoms. The van der Waals surface area contributed by atoms with Crippen LogP contribution in [-0.4, -0.2) is 3.92 Å². The minimum atomic E-state index is 0.0725. The van der Waals surface area contributed by atoms with E-state index in [0.29, 0.717) is 9.84 Å². The molecule has 69 heavy (non-hydrogen) atoms. The smallest absolute Gasteiger partial charge is 0.142 e. The molecule has 2 fully saturated rings. The number of alkyl halides is 1. The molecule has 4 aliphatic rings. The monoisotopic (exact) mass is 1020 g/mol. The number of nitrogens with zero attached hydrogens (tertiary/aromatic N) is 1. The highest BCUT2D eigenvalue weighted by atomic mass is 127. The molecule has 0 N–H and O–H groups in total. The van der Waals surface area contributed by atoms with Crippen LogP contribution in [0.25, 0.3) is 65.7 Å². The number of hydrogen-bond acceptors (Lipinski definition) is 3. The molecule has 0 saturated heterocycles. The second-order valence-corrected chi connectivity index (χ2v) is 22.9. The highest BCUT2D eigenvalue weighted by Crippen LogP contribution is 2.67. The zero-order valence-corrected chi connectivity index (χ0v) is 41.7. The van der Waals surface area contributed by atoms with Gasteiger partial charge in [-0.2, -0.15) is 0 Å². The highest BCUT2D eigenvalue weighted by molar-refractivity contribution is 14.1. The van der Waals surface area contributed by atoms with Gasteiger partial charge in [0.2, 0.25) is 0 Å². The van der Waals surface area contributed by atoms with Crippen LogP contribution in [0.3, 0.4) is 0 Å². The Balaban J connectivity index is 0.832.